The maximum atomic E-state index is 12.4. The molecule has 162 valence electrons. The van der Waals surface area contributed by atoms with Crippen molar-refractivity contribution in [2.24, 2.45) is 0 Å². The number of benzene rings is 2. The fourth-order valence-electron chi connectivity index (χ4n) is 2.67. The van der Waals surface area contributed by atoms with Crippen LogP contribution < -0.4 is 9.47 Å². The summed E-state index contributed by atoms with van der Waals surface area (Å²) >= 11 is 12.8. The first kappa shape index (κ1) is 23.0. The Morgan fingerprint density at radius 2 is 1.87 bits per heavy atom. The number of amides is 2. The average molecular weight is 482 g/mol. The van der Waals surface area contributed by atoms with Crippen molar-refractivity contribution in [1.29, 1.82) is 0 Å². The predicted octanol–water partition coefficient (Wildman–Crippen LogP) is 4.79. The van der Waals surface area contributed by atoms with Gasteiger partial charge in [-0.05, 0) is 47.7 Å². The van der Waals surface area contributed by atoms with Crippen molar-refractivity contribution in [3.63, 3.8) is 0 Å². The van der Waals surface area contributed by atoms with E-state index in [2.05, 4.69) is 4.74 Å². The molecule has 2 aromatic carbocycles. The Kier molecular flexibility index (Phi) is 7.48. The molecule has 0 aliphatic carbocycles. The van der Waals surface area contributed by atoms with Gasteiger partial charge in [-0.3, -0.25) is 19.3 Å². The Morgan fingerprint density at radius 3 is 2.55 bits per heavy atom. The summed E-state index contributed by atoms with van der Waals surface area (Å²) < 4.78 is 15.7. The quantitative estimate of drug-likeness (QED) is 0.415. The van der Waals surface area contributed by atoms with Gasteiger partial charge in [-0.25, -0.2) is 0 Å². The van der Waals surface area contributed by atoms with E-state index in [9.17, 15) is 14.4 Å². The summed E-state index contributed by atoms with van der Waals surface area (Å²) in [6, 6.07) is 10.2. The van der Waals surface area contributed by atoms with E-state index >= 15 is 0 Å². The van der Waals surface area contributed by atoms with E-state index in [4.69, 9.17) is 32.7 Å². The zero-order valence-corrected chi connectivity index (χ0v) is 18.8. The second kappa shape index (κ2) is 10.1. The molecule has 0 unspecified atom stereocenters. The highest BCUT2D eigenvalue weighted by molar-refractivity contribution is 8.18. The van der Waals surface area contributed by atoms with Crippen LogP contribution in [0.15, 0.2) is 41.3 Å². The molecule has 2 amide bonds. The average Bonchev–Trinajstić information content (AvgIpc) is 3.00. The number of esters is 1. The number of carbonyl (C=O) groups is 3. The number of hydrogen-bond acceptors (Lipinski definition) is 7. The predicted molar refractivity (Wildman–Crippen MR) is 118 cm³/mol. The van der Waals surface area contributed by atoms with Gasteiger partial charge < -0.3 is 14.2 Å². The van der Waals surface area contributed by atoms with Gasteiger partial charge in [0.1, 0.15) is 13.2 Å². The zero-order valence-electron chi connectivity index (χ0n) is 16.5. The number of methoxy groups -OCH3 is 2. The van der Waals surface area contributed by atoms with Gasteiger partial charge in [0.25, 0.3) is 11.1 Å². The highest BCUT2D eigenvalue weighted by Crippen LogP contribution is 2.35. The highest BCUT2D eigenvalue weighted by Gasteiger charge is 2.36. The van der Waals surface area contributed by atoms with Gasteiger partial charge in [0, 0.05) is 15.6 Å². The van der Waals surface area contributed by atoms with Crippen LogP contribution in [0.3, 0.4) is 0 Å². The molecule has 1 aliphatic heterocycles. The van der Waals surface area contributed by atoms with Gasteiger partial charge in [0.2, 0.25) is 0 Å². The molecule has 1 fully saturated rings. The van der Waals surface area contributed by atoms with E-state index in [1.54, 1.807) is 42.5 Å². The zero-order chi connectivity index (χ0) is 22.5. The summed E-state index contributed by atoms with van der Waals surface area (Å²) in [6.45, 7) is -0.222. The third kappa shape index (κ3) is 5.52. The van der Waals surface area contributed by atoms with E-state index in [-0.39, 0.29) is 11.5 Å². The first-order valence-electron chi connectivity index (χ1n) is 8.89. The fraction of sp³-hybridized carbons (Fsp3) is 0.190. The summed E-state index contributed by atoms with van der Waals surface area (Å²) in [5.41, 5.74) is 1.38. The minimum atomic E-state index is -0.674. The molecule has 10 heteroatoms. The molecule has 3 rings (SSSR count). The first-order valence-corrected chi connectivity index (χ1v) is 10.5. The number of ether oxygens (including phenoxy) is 3. The van der Waals surface area contributed by atoms with Crippen LogP contribution in [0.4, 0.5) is 4.79 Å². The van der Waals surface area contributed by atoms with Crippen LogP contribution in [0.5, 0.6) is 11.5 Å². The lowest BCUT2D eigenvalue weighted by atomic mass is 10.1. The molecule has 1 saturated heterocycles. The van der Waals surface area contributed by atoms with E-state index in [1.165, 1.54) is 14.2 Å². The Labute approximate surface area is 192 Å². The number of thioether (sulfide) groups is 1. The van der Waals surface area contributed by atoms with Crippen molar-refractivity contribution < 1.29 is 28.6 Å². The number of imide groups is 1. The molecule has 31 heavy (non-hydrogen) atoms. The lowest BCUT2D eigenvalue weighted by molar-refractivity contribution is -0.143. The van der Waals surface area contributed by atoms with E-state index < -0.39 is 23.7 Å². The molecule has 0 saturated carbocycles. The topological polar surface area (TPSA) is 82.1 Å². The Hall–Kier alpha value is -2.68. The number of carbonyl (C=O) groups excluding carboxylic acids is 3. The van der Waals surface area contributed by atoms with Crippen molar-refractivity contribution in [3.05, 3.63) is 62.5 Å². The maximum absolute atomic E-state index is 12.4. The molecular formula is C21H17Cl2NO6S. The molecule has 1 aliphatic rings. The third-order valence-corrected chi connectivity index (χ3v) is 5.77. The van der Waals surface area contributed by atoms with Gasteiger partial charge in [-0.15, -0.1) is 0 Å². The third-order valence-electron chi connectivity index (χ3n) is 4.27. The molecule has 0 spiro atoms. The Bertz CT molecular complexity index is 1070. The van der Waals surface area contributed by atoms with Crippen LogP contribution in [0, 0.1) is 0 Å². The molecular weight excluding hydrogens is 465 g/mol. The van der Waals surface area contributed by atoms with Gasteiger partial charge >= 0.3 is 5.97 Å². The number of hydrogen-bond donors (Lipinski definition) is 0. The van der Waals surface area contributed by atoms with Gasteiger partial charge in [0.05, 0.1) is 19.1 Å². The van der Waals surface area contributed by atoms with Gasteiger partial charge in [-0.2, -0.15) is 0 Å². The molecule has 0 aromatic heterocycles. The summed E-state index contributed by atoms with van der Waals surface area (Å²) in [7, 11) is 2.68. The Morgan fingerprint density at radius 1 is 1.10 bits per heavy atom. The first-order chi connectivity index (χ1) is 14.8. The van der Waals surface area contributed by atoms with Crippen molar-refractivity contribution >= 4 is 58.2 Å². The van der Waals surface area contributed by atoms with Crippen LogP contribution in [0.25, 0.3) is 6.08 Å². The lowest BCUT2D eigenvalue weighted by Gasteiger charge is -2.12. The van der Waals surface area contributed by atoms with Crippen molar-refractivity contribution in [1.82, 2.24) is 4.90 Å². The minimum Gasteiger partial charge on any atom is -0.493 e. The summed E-state index contributed by atoms with van der Waals surface area (Å²) in [6.07, 6.45) is 1.55. The number of nitrogens with zero attached hydrogens (tertiary/aromatic N) is 1. The molecule has 0 bridgehead atoms. The van der Waals surface area contributed by atoms with Gasteiger partial charge in [-0.1, -0.05) is 35.3 Å². The van der Waals surface area contributed by atoms with Crippen LogP contribution >= 0.6 is 35.0 Å². The van der Waals surface area contributed by atoms with Crippen LogP contribution in [0.2, 0.25) is 10.0 Å². The molecule has 0 radical (unpaired) electrons. The van der Waals surface area contributed by atoms with Gasteiger partial charge in [0.15, 0.2) is 11.5 Å². The molecule has 0 N–H and O–H groups in total. The second-order valence-electron chi connectivity index (χ2n) is 6.28. The fourth-order valence-corrected chi connectivity index (χ4v) is 3.97. The van der Waals surface area contributed by atoms with Crippen LogP contribution in [-0.4, -0.2) is 42.8 Å². The highest BCUT2D eigenvalue weighted by atomic mass is 35.5. The van der Waals surface area contributed by atoms with Crippen LogP contribution in [-0.2, 0) is 20.9 Å². The summed E-state index contributed by atoms with van der Waals surface area (Å²) in [4.78, 5) is 36.9. The SMILES string of the molecule is COC(=O)CN1C(=O)S/C(=C/c2ccc(OCc3ccc(Cl)cc3Cl)c(OC)c2)C1=O. The van der Waals surface area contributed by atoms with Crippen molar-refractivity contribution in [2.75, 3.05) is 20.8 Å². The monoisotopic (exact) mass is 481 g/mol. The largest absolute Gasteiger partial charge is 0.493 e. The number of halogens is 2. The van der Waals surface area contributed by atoms with Crippen molar-refractivity contribution in [3.8, 4) is 11.5 Å². The summed E-state index contributed by atoms with van der Waals surface area (Å²) in [5.74, 6) is -0.318. The summed E-state index contributed by atoms with van der Waals surface area (Å²) in [5, 5.41) is 0.492. The normalized spacial score (nSPS) is 14.8. The Balaban J connectivity index is 1.76. The van der Waals surface area contributed by atoms with Crippen LogP contribution in [0.1, 0.15) is 11.1 Å². The minimum absolute atomic E-state index is 0.192. The molecule has 1 heterocycles. The van der Waals surface area contributed by atoms with Crippen molar-refractivity contribution in [2.45, 2.75) is 6.61 Å². The maximum Gasteiger partial charge on any atom is 0.325 e. The van der Waals surface area contributed by atoms with E-state index in [0.717, 1.165) is 22.2 Å². The molecule has 0 atom stereocenters. The van der Waals surface area contributed by atoms with E-state index in [0.29, 0.717) is 27.1 Å². The number of rotatable bonds is 7. The molecule has 2 aromatic rings. The smallest absolute Gasteiger partial charge is 0.325 e. The van der Waals surface area contributed by atoms with E-state index in [1.807, 2.05) is 0 Å². The lowest BCUT2D eigenvalue weighted by Crippen LogP contribution is -2.34. The second-order valence-corrected chi connectivity index (χ2v) is 8.12. The standard InChI is InChI=1S/C21H17Cl2NO6S/c1-28-17-7-12(8-18-20(26)24(21(27)31-18)10-19(25)29-2)3-6-16(17)30-11-13-4-5-14(22)9-15(13)23/h3-9H,10-11H2,1-2H3/b18-8+. The molecule has 7 nitrogen and oxygen atoms in total.